The number of benzene rings is 1. The molecule has 0 radical (unpaired) electrons. The lowest BCUT2D eigenvalue weighted by Gasteiger charge is -2.08. The molecule has 2 aromatic rings. The van der Waals surface area contributed by atoms with E-state index < -0.39 is 5.91 Å². The highest BCUT2D eigenvalue weighted by Gasteiger charge is 2.10. The van der Waals surface area contributed by atoms with Gasteiger partial charge in [0.1, 0.15) is 10.8 Å². The third-order valence-corrected chi connectivity index (χ3v) is 4.55. The van der Waals surface area contributed by atoms with Crippen LogP contribution in [0.1, 0.15) is 10.4 Å². The van der Waals surface area contributed by atoms with Gasteiger partial charge < -0.3 is 4.74 Å². The number of rotatable bonds is 5. The van der Waals surface area contributed by atoms with Crippen molar-refractivity contribution < 1.29 is 9.53 Å². The van der Waals surface area contributed by atoms with E-state index in [2.05, 4.69) is 10.5 Å². The van der Waals surface area contributed by atoms with Gasteiger partial charge in [-0.2, -0.15) is 5.10 Å². The first-order chi connectivity index (χ1) is 10.5. The van der Waals surface area contributed by atoms with Crippen molar-refractivity contribution in [2.45, 2.75) is 6.92 Å². The molecule has 0 aliphatic rings. The first-order valence-electron chi connectivity index (χ1n) is 6.10. The van der Waals surface area contributed by atoms with E-state index >= 15 is 0 Å². The van der Waals surface area contributed by atoms with Crippen LogP contribution in [-0.2, 0) is 4.79 Å². The van der Waals surface area contributed by atoms with Crippen molar-refractivity contribution >= 4 is 58.3 Å². The lowest BCUT2D eigenvalue weighted by molar-refractivity contribution is -0.123. The average Bonchev–Trinajstić information content (AvgIpc) is 2.87. The van der Waals surface area contributed by atoms with Crippen LogP contribution in [0, 0.1) is 6.92 Å². The summed E-state index contributed by atoms with van der Waals surface area (Å²) >= 11 is 19.2. The molecular weight excluding hydrogens is 367 g/mol. The number of thiophene rings is 1. The van der Waals surface area contributed by atoms with Crippen LogP contribution < -0.4 is 10.2 Å². The fourth-order valence-electron chi connectivity index (χ4n) is 1.49. The number of carbonyl (C=O) groups excluding carboxylic acids is 1. The van der Waals surface area contributed by atoms with Crippen LogP contribution in [0.25, 0.3) is 0 Å². The number of hydrazone groups is 1. The molecule has 1 amide bonds. The maximum atomic E-state index is 11.7. The van der Waals surface area contributed by atoms with Crippen LogP contribution in [0.2, 0.25) is 15.1 Å². The highest BCUT2D eigenvalue weighted by atomic mass is 35.5. The topological polar surface area (TPSA) is 50.7 Å². The van der Waals surface area contributed by atoms with Gasteiger partial charge in [0.2, 0.25) is 0 Å². The molecule has 0 unspecified atom stereocenters. The van der Waals surface area contributed by atoms with Crippen molar-refractivity contribution in [3.8, 4) is 5.75 Å². The molecule has 0 atom stereocenters. The maximum Gasteiger partial charge on any atom is 0.277 e. The Morgan fingerprint density at radius 2 is 2.18 bits per heavy atom. The summed E-state index contributed by atoms with van der Waals surface area (Å²) in [6, 6.07) is 4.95. The smallest absolute Gasteiger partial charge is 0.277 e. The predicted molar refractivity (Wildman–Crippen MR) is 91.8 cm³/mol. The van der Waals surface area contributed by atoms with Crippen LogP contribution in [0.3, 0.4) is 0 Å². The Hall–Kier alpha value is -1.27. The summed E-state index contributed by atoms with van der Waals surface area (Å²) in [5.41, 5.74) is 3.47. The normalized spacial score (nSPS) is 10.9. The summed E-state index contributed by atoms with van der Waals surface area (Å²) < 4.78 is 5.29. The Balaban J connectivity index is 1.88. The second-order valence-corrected chi connectivity index (χ2v) is 6.42. The van der Waals surface area contributed by atoms with Crippen molar-refractivity contribution in [1.29, 1.82) is 0 Å². The van der Waals surface area contributed by atoms with Gasteiger partial charge in [0, 0.05) is 16.0 Å². The number of hydrogen-bond acceptors (Lipinski definition) is 4. The number of nitrogens with one attached hydrogen (secondary N) is 1. The molecule has 116 valence electrons. The molecule has 0 bridgehead atoms. The van der Waals surface area contributed by atoms with Crippen molar-refractivity contribution in [2.75, 3.05) is 6.61 Å². The molecule has 0 aliphatic heterocycles. The van der Waals surface area contributed by atoms with Gasteiger partial charge in [0.05, 0.1) is 11.2 Å². The van der Waals surface area contributed by atoms with Gasteiger partial charge in [0.15, 0.2) is 6.61 Å². The Labute approximate surface area is 146 Å². The lowest BCUT2D eigenvalue weighted by atomic mass is 10.3. The minimum Gasteiger partial charge on any atom is -0.482 e. The Morgan fingerprint density at radius 3 is 2.86 bits per heavy atom. The zero-order valence-electron chi connectivity index (χ0n) is 11.4. The lowest BCUT2D eigenvalue weighted by Crippen LogP contribution is -2.24. The number of ether oxygens (including phenoxy) is 1. The Kier molecular flexibility index (Phi) is 6.08. The molecule has 1 aromatic heterocycles. The molecule has 0 spiro atoms. The Morgan fingerprint density at radius 1 is 1.41 bits per heavy atom. The van der Waals surface area contributed by atoms with Gasteiger partial charge in [-0.15, -0.1) is 11.3 Å². The molecule has 0 saturated carbocycles. The van der Waals surface area contributed by atoms with E-state index in [9.17, 15) is 4.79 Å². The van der Waals surface area contributed by atoms with E-state index in [0.717, 1.165) is 10.4 Å². The van der Waals surface area contributed by atoms with Crippen molar-refractivity contribution in [1.82, 2.24) is 5.43 Å². The molecule has 8 heteroatoms. The average molecular weight is 378 g/mol. The number of nitrogens with zero attached hydrogens (tertiary/aromatic N) is 1. The Bertz CT molecular complexity index is 716. The molecule has 2 rings (SSSR count). The van der Waals surface area contributed by atoms with E-state index in [-0.39, 0.29) is 22.4 Å². The van der Waals surface area contributed by atoms with Gasteiger partial charge in [0.25, 0.3) is 5.91 Å². The van der Waals surface area contributed by atoms with Crippen molar-refractivity contribution in [3.63, 3.8) is 0 Å². The van der Waals surface area contributed by atoms with Crippen LogP contribution in [0.15, 0.2) is 28.7 Å². The minimum absolute atomic E-state index is 0.205. The largest absolute Gasteiger partial charge is 0.482 e. The number of aryl methyl sites for hydroxylation is 1. The van der Waals surface area contributed by atoms with Gasteiger partial charge in [-0.25, -0.2) is 5.43 Å². The molecule has 0 saturated heterocycles. The van der Waals surface area contributed by atoms with Gasteiger partial charge in [-0.3, -0.25) is 4.79 Å². The summed E-state index contributed by atoms with van der Waals surface area (Å²) in [5, 5.41) is 6.65. The van der Waals surface area contributed by atoms with Gasteiger partial charge in [-0.05, 0) is 30.0 Å². The van der Waals surface area contributed by atoms with E-state index in [0.29, 0.717) is 5.02 Å². The minimum atomic E-state index is -0.419. The monoisotopic (exact) mass is 376 g/mol. The second kappa shape index (κ2) is 7.83. The third-order valence-electron chi connectivity index (χ3n) is 2.59. The third kappa shape index (κ3) is 4.61. The molecule has 22 heavy (non-hydrogen) atoms. The summed E-state index contributed by atoms with van der Waals surface area (Å²) in [7, 11) is 0. The van der Waals surface area contributed by atoms with Crippen LogP contribution in [0.4, 0.5) is 0 Å². The van der Waals surface area contributed by atoms with Gasteiger partial charge >= 0.3 is 0 Å². The first kappa shape index (κ1) is 17.1. The van der Waals surface area contributed by atoms with E-state index in [1.54, 1.807) is 6.21 Å². The zero-order valence-corrected chi connectivity index (χ0v) is 14.5. The fourth-order valence-corrected chi connectivity index (χ4v) is 2.92. The van der Waals surface area contributed by atoms with Crippen molar-refractivity contribution in [3.05, 3.63) is 49.1 Å². The fraction of sp³-hybridized carbons (Fsp3) is 0.143. The van der Waals surface area contributed by atoms with Crippen LogP contribution in [-0.4, -0.2) is 18.7 Å². The highest BCUT2D eigenvalue weighted by molar-refractivity contribution is 7.11. The van der Waals surface area contributed by atoms with E-state index in [1.165, 1.54) is 23.5 Å². The summed E-state index contributed by atoms with van der Waals surface area (Å²) in [6.07, 6.45) is 1.58. The number of hydrogen-bond donors (Lipinski definition) is 1. The van der Waals surface area contributed by atoms with Crippen LogP contribution in [0.5, 0.6) is 5.75 Å². The van der Waals surface area contributed by atoms with Gasteiger partial charge in [-0.1, -0.05) is 34.8 Å². The summed E-state index contributed by atoms with van der Waals surface area (Å²) in [4.78, 5) is 12.6. The van der Waals surface area contributed by atoms with Crippen molar-refractivity contribution in [2.24, 2.45) is 5.10 Å². The SMILES string of the molecule is Cc1ccsc1/C=N\NC(=O)COc1cc(Cl)cc(Cl)c1Cl. The second-order valence-electron chi connectivity index (χ2n) is 4.25. The molecular formula is C14H11Cl3N2O2S. The molecule has 0 fully saturated rings. The standard InChI is InChI=1S/C14H11Cl3N2O2S/c1-8-2-3-22-12(8)6-18-19-13(20)7-21-11-5-9(15)4-10(16)14(11)17/h2-6H,7H2,1H3,(H,19,20)/b18-6-. The summed E-state index contributed by atoms with van der Waals surface area (Å²) in [5.74, 6) is -0.176. The molecule has 1 heterocycles. The molecule has 0 aliphatic carbocycles. The first-order valence-corrected chi connectivity index (χ1v) is 8.12. The zero-order chi connectivity index (χ0) is 16.1. The summed E-state index contributed by atoms with van der Waals surface area (Å²) in [6.45, 7) is 1.71. The number of carbonyl (C=O) groups is 1. The molecule has 1 aromatic carbocycles. The highest BCUT2D eigenvalue weighted by Crippen LogP contribution is 2.35. The molecule has 1 N–H and O–H groups in total. The van der Waals surface area contributed by atoms with E-state index in [4.69, 9.17) is 39.5 Å². The maximum absolute atomic E-state index is 11.7. The molecule has 4 nitrogen and oxygen atoms in total. The van der Waals surface area contributed by atoms with Crippen LogP contribution >= 0.6 is 46.1 Å². The van der Waals surface area contributed by atoms with E-state index in [1.807, 2.05) is 18.4 Å². The number of halogens is 3. The number of amides is 1. The predicted octanol–water partition coefficient (Wildman–Crippen LogP) is 4.55. The quantitative estimate of drug-likeness (QED) is 0.472.